The van der Waals surface area contributed by atoms with Crippen LogP contribution in [0.5, 0.6) is 5.75 Å². The first-order valence-corrected chi connectivity index (χ1v) is 8.81. The molecule has 0 N–H and O–H groups in total. The van der Waals surface area contributed by atoms with E-state index in [0.717, 1.165) is 47.9 Å². The molecule has 0 saturated heterocycles. The molecule has 3 nitrogen and oxygen atoms in total. The van der Waals surface area contributed by atoms with Crippen LogP contribution in [0.4, 0.5) is 0 Å². The Bertz CT molecular complexity index is 928. The molecule has 3 aromatic rings. The van der Waals surface area contributed by atoms with Gasteiger partial charge in [0.2, 0.25) is 0 Å². The van der Waals surface area contributed by atoms with Crippen LogP contribution in [-0.4, -0.2) is 16.4 Å². The molecule has 0 atom stereocenters. The van der Waals surface area contributed by atoms with Crippen LogP contribution >= 0.6 is 11.6 Å². The molecular weight excluding hydrogens is 320 g/mol. The molecule has 24 heavy (non-hydrogen) atoms. The molecule has 4 heteroatoms. The van der Waals surface area contributed by atoms with Gasteiger partial charge in [-0.3, -0.25) is 0 Å². The lowest BCUT2D eigenvalue weighted by molar-refractivity contribution is 0.355. The molecule has 0 saturated carbocycles. The predicted molar refractivity (Wildman–Crippen MR) is 95.2 cm³/mol. The van der Waals surface area contributed by atoms with E-state index < -0.39 is 0 Å². The van der Waals surface area contributed by atoms with Gasteiger partial charge in [0.1, 0.15) is 11.4 Å². The highest BCUT2D eigenvalue weighted by Crippen LogP contribution is 2.39. The summed E-state index contributed by atoms with van der Waals surface area (Å²) in [5.74, 6) is 0.980. The number of para-hydroxylation sites is 1. The van der Waals surface area contributed by atoms with Gasteiger partial charge in [0.15, 0.2) is 0 Å². The fourth-order valence-corrected chi connectivity index (χ4v) is 3.96. The fraction of sp³-hybridized carbons (Fsp3) is 0.250. The van der Waals surface area contributed by atoms with Crippen LogP contribution in [0, 0.1) is 0 Å². The summed E-state index contributed by atoms with van der Waals surface area (Å²) in [6.07, 6.45) is 4.30. The van der Waals surface area contributed by atoms with Gasteiger partial charge in [-0.2, -0.15) is 5.10 Å². The average molecular weight is 337 g/mol. The van der Waals surface area contributed by atoms with Crippen molar-refractivity contribution in [3.05, 3.63) is 64.3 Å². The standard InChI is InChI=1S/C20H17ClN2O/c21-15-9-7-13(8-10-15)19-16-4-2-5-17(16)22-23(19)18-6-1-3-14-11-12-24-20(14)18/h1,3,6-10H,2,4-5,11-12H2. The summed E-state index contributed by atoms with van der Waals surface area (Å²) in [6, 6.07) is 14.4. The van der Waals surface area contributed by atoms with Crippen LogP contribution in [0.15, 0.2) is 42.5 Å². The third-order valence-corrected chi connectivity index (χ3v) is 5.20. The Morgan fingerprint density at radius 2 is 1.88 bits per heavy atom. The maximum atomic E-state index is 6.08. The zero-order valence-corrected chi connectivity index (χ0v) is 14.0. The summed E-state index contributed by atoms with van der Waals surface area (Å²) < 4.78 is 7.99. The SMILES string of the molecule is Clc1ccc(-c2c3c(nn2-c2cccc4c2OCC4)CCC3)cc1. The van der Waals surface area contributed by atoms with E-state index >= 15 is 0 Å². The van der Waals surface area contributed by atoms with Gasteiger partial charge in [-0.05, 0) is 43.0 Å². The maximum Gasteiger partial charge on any atom is 0.148 e. The Labute approximate surface area is 145 Å². The molecule has 1 aliphatic carbocycles. The highest BCUT2D eigenvalue weighted by atomic mass is 35.5. The van der Waals surface area contributed by atoms with Gasteiger partial charge in [0.25, 0.3) is 0 Å². The average Bonchev–Trinajstić information content (AvgIpc) is 3.30. The van der Waals surface area contributed by atoms with Crippen molar-refractivity contribution in [2.75, 3.05) is 6.61 Å². The quantitative estimate of drug-likeness (QED) is 0.683. The van der Waals surface area contributed by atoms with E-state index in [9.17, 15) is 0 Å². The van der Waals surface area contributed by atoms with Crippen LogP contribution in [0.2, 0.25) is 5.02 Å². The second-order valence-electron chi connectivity index (χ2n) is 6.41. The first-order chi connectivity index (χ1) is 11.8. The van der Waals surface area contributed by atoms with Gasteiger partial charge < -0.3 is 4.74 Å². The molecule has 0 spiro atoms. The Hall–Kier alpha value is -2.26. The Morgan fingerprint density at radius 1 is 1.00 bits per heavy atom. The van der Waals surface area contributed by atoms with Crippen molar-refractivity contribution >= 4 is 11.6 Å². The topological polar surface area (TPSA) is 27.1 Å². The molecule has 0 radical (unpaired) electrons. The Balaban J connectivity index is 1.76. The number of aryl methyl sites for hydroxylation is 1. The van der Waals surface area contributed by atoms with E-state index in [0.29, 0.717) is 0 Å². The number of nitrogens with zero attached hydrogens (tertiary/aromatic N) is 2. The van der Waals surface area contributed by atoms with Crippen molar-refractivity contribution in [1.29, 1.82) is 0 Å². The number of rotatable bonds is 2. The summed E-state index contributed by atoms with van der Waals surface area (Å²) in [5, 5.41) is 5.70. The van der Waals surface area contributed by atoms with E-state index in [-0.39, 0.29) is 0 Å². The van der Waals surface area contributed by atoms with E-state index in [1.54, 1.807) is 0 Å². The highest BCUT2D eigenvalue weighted by Gasteiger charge is 2.26. The van der Waals surface area contributed by atoms with Crippen molar-refractivity contribution in [3.63, 3.8) is 0 Å². The van der Waals surface area contributed by atoms with Gasteiger partial charge >= 0.3 is 0 Å². The Kier molecular flexibility index (Phi) is 3.17. The van der Waals surface area contributed by atoms with Crippen molar-refractivity contribution in [2.45, 2.75) is 25.7 Å². The minimum absolute atomic E-state index is 0.754. The molecule has 1 aliphatic heterocycles. The lowest BCUT2D eigenvalue weighted by Crippen LogP contribution is -2.03. The van der Waals surface area contributed by atoms with E-state index in [4.69, 9.17) is 21.4 Å². The number of aromatic nitrogens is 2. The summed E-state index contributed by atoms with van der Waals surface area (Å²) in [6.45, 7) is 0.754. The maximum absolute atomic E-state index is 6.08. The first-order valence-electron chi connectivity index (χ1n) is 8.43. The van der Waals surface area contributed by atoms with Gasteiger partial charge in [0.05, 0.1) is 18.0 Å². The number of halogens is 1. The molecule has 2 aliphatic rings. The Morgan fingerprint density at radius 3 is 2.75 bits per heavy atom. The predicted octanol–water partition coefficient (Wildman–Crippen LogP) is 4.62. The monoisotopic (exact) mass is 336 g/mol. The minimum atomic E-state index is 0.754. The van der Waals surface area contributed by atoms with Crippen LogP contribution in [0.3, 0.4) is 0 Å². The second kappa shape index (κ2) is 5.38. The summed E-state index contributed by atoms with van der Waals surface area (Å²) >= 11 is 6.08. The lowest BCUT2D eigenvalue weighted by atomic mass is 10.1. The lowest BCUT2D eigenvalue weighted by Gasteiger charge is -2.13. The second-order valence-corrected chi connectivity index (χ2v) is 6.85. The van der Waals surface area contributed by atoms with Crippen LogP contribution < -0.4 is 4.74 Å². The number of benzene rings is 2. The van der Waals surface area contributed by atoms with Gasteiger partial charge in [-0.25, -0.2) is 4.68 Å². The molecule has 0 unspecified atom stereocenters. The normalized spacial score (nSPS) is 15.2. The molecule has 2 aromatic carbocycles. The molecule has 2 heterocycles. The zero-order chi connectivity index (χ0) is 16.1. The molecule has 0 fully saturated rings. The number of fused-ring (bicyclic) bond motifs is 2. The number of hydrogen-bond acceptors (Lipinski definition) is 2. The molecule has 1 aromatic heterocycles. The van der Waals surface area contributed by atoms with Crippen molar-refractivity contribution < 1.29 is 4.74 Å². The van der Waals surface area contributed by atoms with Gasteiger partial charge in [0, 0.05) is 22.6 Å². The number of hydrogen-bond donors (Lipinski definition) is 0. The molecular formula is C20H17ClN2O. The highest BCUT2D eigenvalue weighted by molar-refractivity contribution is 6.30. The van der Waals surface area contributed by atoms with Crippen LogP contribution in [-0.2, 0) is 19.3 Å². The van der Waals surface area contributed by atoms with Crippen LogP contribution in [0.1, 0.15) is 23.2 Å². The number of ether oxygens (including phenoxy) is 1. The minimum Gasteiger partial charge on any atom is -0.491 e. The summed E-state index contributed by atoms with van der Waals surface area (Å²) in [5.41, 5.74) is 7.24. The summed E-state index contributed by atoms with van der Waals surface area (Å²) in [7, 11) is 0. The molecule has 120 valence electrons. The van der Waals surface area contributed by atoms with Crippen molar-refractivity contribution in [3.8, 4) is 22.7 Å². The van der Waals surface area contributed by atoms with Crippen LogP contribution in [0.25, 0.3) is 16.9 Å². The fourth-order valence-electron chi connectivity index (χ4n) is 3.83. The molecule has 5 rings (SSSR count). The van der Waals surface area contributed by atoms with Gasteiger partial charge in [-0.1, -0.05) is 35.9 Å². The van der Waals surface area contributed by atoms with E-state index in [1.165, 1.54) is 28.9 Å². The summed E-state index contributed by atoms with van der Waals surface area (Å²) in [4.78, 5) is 0. The van der Waals surface area contributed by atoms with E-state index in [1.807, 2.05) is 12.1 Å². The zero-order valence-electron chi connectivity index (χ0n) is 13.3. The third kappa shape index (κ3) is 2.08. The molecule has 0 amide bonds. The smallest absolute Gasteiger partial charge is 0.148 e. The first kappa shape index (κ1) is 14.1. The third-order valence-electron chi connectivity index (χ3n) is 4.95. The van der Waals surface area contributed by atoms with E-state index in [2.05, 4.69) is 35.0 Å². The van der Waals surface area contributed by atoms with Crippen molar-refractivity contribution in [1.82, 2.24) is 9.78 Å². The largest absolute Gasteiger partial charge is 0.491 e. The van der Waals surface area contributed by atoms with Gasteiger partial charge in [-0.15, -0.1) is 0 Å². The van der Waals surface area contributed by atoms with Crippen molar-refractivity contribution in [2.24, 2.45) is 0 Å². The molecule has 0 bridgehead atoms.